The summed E-state index contributed by atoms with van der Waals surface area (Å²) >= 11 is 2.79. The second kappa shape index (κ2) is 9.93. The molecule has 4 heterocycles. The Morgan fingerprint density at radius 1 is 1.00 bits per heavy atom. The molecule has 0 bridgehead atoms. The smallest absolute Gasteiger partial charge is 0.272 e. The zero-order valence-electron chi connectivity index (χ0n) is 19.1. The van der Waals surface area contributed by atoms with E-state index in [9.17, 15) is 9.59 Å². The van der Waals surface area contributed by atoms with Crippen molar-refractivity contribution in [1.82, 2.24) is 18.9 Å². The van der Waals surface area contributed by atoms with Crippen molar-refractivity contribution in [2.75, 3.05) is 14.2 Å². The van der Waals surface area contributed by atoms with E-state index in [-0.39, 0.29) is 11.1 Å². The summed E-state index contributed by atoms with van der Waals surface area (Å²) < 4.78 is 14.6. The lowest BCUT2D eigenvalue weighted by Gasteiger charge is -2.13. The van der Waals surface area contributed by atoms with E-state index in [2.05, 4.69) is 4.98 Å². The number of aromatic nitrogens is 4. The van der Waals surface area contributed by atoms with Gasteiger partial charge in [-0.3, -0.25) is 18.6 Å². The van der Waals surface area contributed by atoms with Crippen LogP contribution in [-0.2, 0) is 18.7 Å². The van der Waals surface area contributed by atoms with Gasteiger partial charge in [-0.05, 0) is 47.7 Å². The Hall–Kier alpha value is -3.63. The first-order valence-electron chi connectivity index (χ1n) is 10.9. The van der Waals surface area contributed by atoms with Crippen LogP contribution in [0.5, 0.6) is 11.5 Å². The predicted octanol–water partition coefficient (Wildman–Crippen LogP) is 4.02. The number of hydrogen-bond acceptors (Lipinski definition) is 8. The summed E-state index contributed by atoms with van der Waals surface area (Å²) in [6.45, 7) is 0.450. The van der Waals surface area contributed by atoms with Crippen LogP contribution in [0.3, 0.4) is 0 Å². The molecule has 0 saturated carbocycles. The molecule has 0 fully saturated rings. The van der Waals surface area contributed by atoms with Crippen LogP contribution in [0.25, 0.3) is 15.9 Å². The molecule has 0 amide bonds. The molecule has 0 unspecified atom stereocenters. The molecule has 0 aliphatic rings. The standard InChI is InChI=1S/C25H22N4O4S2/c1-32-19-7-6-16(13-20(19)33-2)8-11-29-24(31)23-18(9-12-34-23)27-25(29)35-15-17-14-22(30)28-10-4-3-5-21(28)26-17/h3-7,9-10,12-14H,8,11,15H2,1-2H3. The van der Waals surface area contributed by atoms with Crippen molar-refractivity contribution in [3.8, 4) is 11.5 Å². The molecule has 8 nitrogen and oxygen atoms in total. The van der Waals surface area contributed by atoms with Gasteiger partial charge in [-0.25, -0.2) is 9.97 Å². The van der Waals surface area contributed by atoms with Crippen LogP contribution < -0.4 is 20.6 Å². The minimum Gasteiger partial charge on any atom is -0.493 e. The average Bonchev–Trinajstić information content (AvgIpc) is 3.36. The van der Waals surface area contributed by atoms with Crippen LogP contribution >= 0.6 is 23.1 Å². The van der Waals surface area contributed by atoms with E-state index in [1.165, 1.54) is 33.6 Å². The number of aryl methyl sites for hydroxylation is 1. The average molecular weight is 507 g/mol. The number of ether oxygens (including phenoxy) is 2. The van der Waals surface area contributed by atoms with Gasteiger partial charge in [0.05, 0.1) is 25.4 Å². The first-order valence-corrected chi connectivity index (χ1v) is 12.7. The van der Waals surface area contributed by atoms with Gasteiger partial charge in [-0.1, -0.05) is 23.9 Å². The highest BCUT2D eigenvalue weighted by molar-refractivity contribution is 7.98. The summed E-state index contributed by atoms with van der Waals surface area (Å²) in [6, 6.07) is 14.5. The second-order valence-electron chi connectivity index (χ2n) is 7.73. The van der Waals surface area contributed by atoms with E-state index in [1.54, 1.807) is 37.1 Å². The first kappa shape index (κ1) is 23.1. The molecular weight excluding hydrogens is 484 g/mol. The van der Waals surface area contributed by atoms with Gasteiger partial charge in [0.15, 0.2) is 16.7 Å². The Balaban J connectivity index is 1.44. The van der Waals surface area contributed by atoms with Crippen molar-refractivity contribution < 1.29 is 9.47 Å². The lowest BCUT2D eigenvalue weighted by Crippen LogP contribution is -2.23. The molecule has 0 radical (unpaired) electrons. The normalized spacial score (nSPS) is 11.3. The van der Waals surface area contributed by atoms with E-state index < -0.39 is 0 Å². The number of fused-ring (bicyclic) bond motifs is 2. The Morgan fingerprint density at radius 2 is 1.86 bits per heavy atom. The quantitative estimate of drug-likeness (QED) is 0.232. The summed E-state index contributed by atoms with van der Waals surface area (Å²) in [4.78, 5) is 35.1. The van der Waals surface area contributed by atoms with Crippen molar-refractivity contribution in [3.63, 3.8) is 0 Å². The third-order valence-corrected chi connectivity index (χ3v) is 7.48. The van der Waals surface area contributed by atoms with Crippen LogP contribution in [0.2, 0.25) is 0 Å². The lowest BCUT2D eigenvalue weighted by atomic mass is 10.1. The SMILES string of the molecule is COc1ccc(CCn2c(SCc3cc(=O)n4ccccc4n3)nc3ccsc3c2=O)cc1OC. The summed E-state index contributed by atoms with van der Waals surface area (Å²) in [7, 11) is 3.20. The van der Waals surface area contributed by atoms with Crippen LogP contribution in [0, 0.1) is 0 Å². The summed E-state index contributed by atoms with van der Waals surface area (Å²) in [5.41, 5.74) is 2.70. The van der Waals surface area contributed by atoms with Crippen molar-refractivity contribution >= 4 is 39.0 Å². The predicted molar refractivity (Wildman–Crippen MR) is 138 cm³/mol. The summed E-state index contributed by atoms with van der Waals surface area (Å²) in [6.07, 6.45) is 2.31. The highest BCUT2D eigenvalue weighted by atomic mass is 32.2. The van der Waals surface area contributed by atoms with Crippen LogP contribution in [-0.4, -0.2) is 33.2 Å². The summed E-state index contributed by atoms with van der Waals surface area (Å²) in [5.74, 6) is 1.72. The zero-order valence-corrected chi connectivity index (χ0v) is 20.8. The number of nitrogens with zero attached hydrogens (tertiary/aromatic N) is 4. The zero-order chi connectivity index (χ0) is 24.4. The van der Waals surface area contributed by atoms with Crippen molar-refractivity contribution in [3.05, 3.63) is 92.1 Å². The number of methoxy groups -OCH3 is 2. The van der Waals surface area contributed by atoms with Crippen molar-refractivity contribution in [1.29, 1.82) is 0 Å². The molecule has 1 aromatic carbocycles. The van der Waals surface area contributed by atoms with E-state index >= 15 is 0 Å². The molecule has 10 heteroatoms. The monoisotopic (exact) mass is 506 g/mol. The number of pyridine rings is 1. The van der Waals surface area contributed by atoms with E-state index in [0.29, 0.717) is 56.9 Å². The van der Waals surface area contributed by atoms with Crippen molar-refractivity contribution in [2.45, 2.75) is 23.9 Å². The molecule has 0 atom stereocenters. The number of benzene rings is 1. The molecule has 0 spiro atoms. The molecular formula is C25H22N4O4S2. The Bertz CT molecular complexity index is 1640. The first-order chi connectivity index (χ1) is 17.1. The van der Waals surface area contributed by atoms with Gasteiger partial charge in [0.1, 0.15) is 10.3 Å². The molecule has 5 rings (SSSR count). The minimum absolute atomic E-state index is 0.0699. The van der Waals surface area contributed by atoms with Gasteiger partial charge in [-0.2, -0.15) is 0 Å². The highest BCUT2D eigenvalue weighted by Crippen LogP contribution is 2.28. The van der Waals surface area contributed by atoms with Crippen LogP contribution in [0.4, 0.5) is 0 Å². The minimum atomic E-state index is -0.140. The molecule has 5 aromatic rings. The van der Waals surface area contributed by atoms with Gasteiger partial charge in [0.2, 0.25) is 0 Å². The van der Waals surface area contributed by atoms with Crippen molar-refractivity contribution in [2.24, 2.45) is 0 Å². The van der Waals surface area contributed by atoms with Gasteiger partial charge in [-0.15, -0.1) is 11.3 Å². The molecule has 0 N–H and O–H groups in total. The molecule has 0 saturated heterocycles. The maximum atomic E-state index is 13.3. The molecule has 0 aliphatic carbocycles. The fourth-order valence-electron chi connectivity index (χ4n) is 3.82. The number of rotatable bonds is 8. The van der Waals surface area contributed by atoms with Gasteiger partial charge in [0, 0.05) is 24.6 Å². The Morgan fingerprint density at radius 3 is 2.69 bits per heavy atom. The number of thioether (sulfide) groups is 1. The maximum absolute atomic E-state index is 13.3. The fraction of sp³-hybridized carbons (Fsp3) is 0.200. The third-order valence-electron chi connectivity index (χ3n) is 5.58. The molecule has 4 aromatic heterocycles. The highest BCUT2D eigenvalue weighted by Gasteiger charge is 2.14. The molecule has 178 valence electrons. The topological polar surface area (TPSA) is 87.7 Å². The Labute approximate surface area is 208 Å². The fourth-order valence-corrected chi connectivity index (χ4v) is 5.52. The number of thiophene rings is 1. The summed E-state index contributed by atoms with van der Waals surface area (Å²) in [5, 5.41) is 2.47. The number of hydrogen-bond donors (Lipinski definition) is 0. The van der Waals surface area contributed by atoms with Gasteiger partial charge in [0.25, 0.3) is 11.1 Å². The maximum Gasteiger partial charge on any atom is 0.272 e. The van der Waals surface area contributed by atoms with E-state index in [1.807, 2.05) is 35.7 Å². The van der Waals surface area contributed by atoms with Crippen LogP contribution in [0.1, 0.15) is 11.3 Å². The molecule has 35 heavy (non-hydrogen) atoms. The largest absolute Gasteiger partial charge is 0.493 e. The van der Waals surface area contributed by atoms with Gasteiger partial charge < -0.3 is 9.47 Å². The molecule has 0 aliphatic heterocycles. The van der Waals surface area contributed by atoms with E-state index in [0.717, 1.165) is 5.56 Å². The second-order valence-corrected chi connectivity index (χ2v) is 9.59. The van der Waals surface area contributed by atoms with Gasteiger partial charge >= 0.3 is 0 Å². The van der Waals surface area contributed by atoms with Crippen LogP contribution in [0.15, 0.2) is 74.9 Å². The lowest BCUT2D eigenvalue weighted by molar-refractivity contribution is 0.354. The van der Waals surface area contributed by atoms with E-state index in [4.69, 9.17) is 14.5 Å². The Kier molecular flexibility index (Phi) is 6.56. The third kappa shape index (κ3) is 4.67.